The van der Waals surface area contributed by atoms with Gasteiger partial charge in [-0.1, -0.05) is 495 Å². The number of carbonyl (C=O) groups excluding carboxylic acids is 2. The van der Waals surface area contributed by atoms with Crippen LogP contribution in [0.25, 0.3) is 0 Å². The molecule has 0 aromatic rings. The van der Waals surface area contributed by atoms with Gasteiger partial charge in [0.1, 0.15) is 0 Å². The molecule has 0 rings (SSSR count). The zero-order valence-corrected chi connectivity index (χ0v) is 68.0. The van der Waals surface area contributed by atoms with E-state index in [0.717, 1.165) is 38.5 Å². The molecule has 0 fully saturated rings. The van der Waals surface area contributed by atoms with Crippen LogP contribution in [0.4, 0.5) is 0 Å². The van der Waals surface area contributed by atoms with Crippen molar-refractivity contribution in [1.29, 1.82) is 0 Å². The van der Waals surface area contributed by atoms with Gasteiger partial charge in [-0.3, -0.25) is 9.59 Å². The predicted octanol–water partition coefficient (Wildman–Crippen LogP) is 31.3. The molecule has 0 aromatic heterocycles. The van der Waals surface area contributed by atoms with Gasteiger partial charge in [0.25, 0.3) is 0 Å². The standard InChI is InChI=1S/C93H183NO5/c1-3-5-7-9-11-13-15-17-19-21-23-24-25-41-44-47-50-53-57-61-65-69-73-77-81-85-91(96)90(89-95)94-92(97)86-82-78-74-70-66-62-58-54-51-48-45-42-39-37-35-33-31-29-27-26-28-30-32-34-36-38-40-43-46-49-52-56-60-64-68-72-76-80-84-88-99-93(98)87-83-79-75-71-67-63-59-55-22-20-18-16-14-12-10-8-6-4-2/h26-27,90-91,95-96H,3-25,28-89H2,1-2H3,(H,94,97)/b27-26-. The van der Waals surface area contributed by atoms with E-state index in [2.05, 4.69) is 31.3 Å². The summed E-state index contributed by atoms with van der Waals surface area (Å²) in [5.74, 6) is 0.00505. The Morgan fingerprint density at radius 1 is 0.273 bits per heavy atom. The molecule has 0 aliphatic heterocycles. The maximum atomic E-state index is 12.6. The Balaban J connectivity index is 3.31. The molecular formula is C93H183NO5. The topological polar surface area (TPSA) is 95.9 Å². The van der Waals surface area contributed by atoms with Crippen molar-refractivity contribution in [3.8, 4) is 0 Å². The van der Waals surface area contributed by atoms with Crippen LogP contribution in [0.2, 0.25) is 0 Å². The highest BCUT2D eigenvalue weighted by Gasteiger charge is 2.20. The van der Waals surface area contributed by atoms with Gasteiger partial charge in [-0.25, -0.2) is 0 Å². The number of unbranched alkanes of at least 4 members (excludes halogenated alkanes) is 76. The number of allylic oxidation sites excluding steroid dienone is 2. The van der Waals surface area contributed by atoms with E-state index >= 15 is 0 Å². The average molecular weight is 1400 g/mol. The normalized spacial score (nSPS) is 12.4. The summed E-state index contributed by atoms with van der Waals surface area (Å²) in [6.45, 7) is 5.03. The number of carbonyl (C=O) groups is 2. The number of hydrogen-bond donors (Lipinski definition) is 3. The summed E-state index contributed by atoms with van der Waals surface area (Å²) in [6.07, 6.45) is 115. The van der Waals surface area contributed by atoms with E-state index in [4.69, 9.17) is 4.74 Å². The number of ether oxygens (including phenoxy) is 1. The summed E-state index contributed by atoms with van der Waals surface area (Å²) < 4.78 is 5.53. The average Bonchev–Trinajstić information content (AvgIpc) is 1.84. The molecule has 0 heterocycles. The number of esters is 1. The Bertz CT molecular complexity index is 1520. The summed E-state index contributed by atoms with van der Waals surface area (Å²) >= 11 is 0. The molecule has 0 radical (unpaired) electrons. The lowest BCUT2D eigenvalue weighted by atomic mass is 10.0. The first kappa shape index (κ1) is 97.6. The minimum absolute atomic E-state index is 0.0235. The first-order valence-corrected chi connectivity index (χ1v) is 46.4. The summed E-state index contributed by atoms with van der Waals surface area (Å²) in [5.41, 5.74) is 0. The molecule has 0 aromatic carbocycles. The Morgan fingerprint density at radius 2 is 0.475 bits per heavy atom. The molecular weight excluding hydrogens is 1210 g/mol. The third-order valence-electron chi connectivity index (χ3n) is 22.3. The zero-order chi connectivity index (χ0) is 71.2. The Hall–Kier alpha value is -1.40. The van der Waals surface area contributed by atoms with Crippen molar-refractivity contribution in [2.24, 2.45) is 0 Å². The van der Waals surface area contributed by atoms with E-state index in [1.807, 2.05) is 0 Å². The van der Waals surface area contributed by atoms with Crippen LogP contribution in [0.3, 0.4) is 0 Å². The molecule has 1 amide bonds. The van der Waals surface area contributed by atoms with Crippen molar-refractivity contribution in [1.82, 2.24) is 5.32 Å². The molecule has 0 aliphatic rings. The molecule has 3 N–H and O–H groups in total. The predicted molar refractivity (Wildman–Crippen MR) is 440 cm³/mol. The van der Waals surface area contributed by atoms with Crippen LogP contribution in [0, 0.1) is 0 Å². The second-order valence-corrected chi connectivity index (χ2v) is 32.4. The highest BCUT2D eigenvalue weighted by atomic mass is 16.5. The summed E-state index contributed by atoms with van der Waals surface area (Å²) in [7, 11) is 0. The van der Waals surface area contributed by atoms with Gasteiger partial charge in [-0.15, -0.1) is 0 Å². The second-order valence-electron chi connectivity index (χ2n) is 32.4. The summed E-state index contributed by atoms with van der Waals surface area (Å²) in [5, 5.41) is 23.5. The molecule has 0 saturated carbocycles. The zero-order valence-electron chi connectivity index (χ0n) is 68.0. The van der Waals surface area contributed by atoms with Crippen molar-refractivity contribution in [2.75, 3.05) is 13.2 Å². The molecule has 6 heteroatoms. The fraction of sp³-hybridized carbons (Fsp3) is 0.957. The second kappa shape index (κ2) is 89.0. The quantitative estimate of drug-likeness (QED) is 0.0320. The van der Waals surface area contributed by atoms with E-state index in [-0.39, 0.29) is 18.5 Å². The van der Waals surface area contributed by atoms with Gasteiger partial charge in [0.2, 0.25) is 5.91 Å². The smallest absolute Gasteiger partial charge is 0.305 e. The number of rotatable bonds is 89. The highest BCUT2D eigenvalue weighted by Crippen LogP contribution is 2.22. The third kappa shape index (κ3) is 85.4. The lowest BCUT2D eigenvalue weighted by Crippen LogP contribution is -2.45. The molecule has 0 aliphatic carbocycles. The van der Waals surface area contributed by atoms with Crippen molar-refractivity contribution < 1.29 is 24.5 Å². The molecule has 2 atom stereocenters. The number of nitrogens with one attached hydrogen (secondary N) is 1. The first-order chi connectivity index (χ1) is 49.0. The van der Waals surface area contributed by atoms with E-state index in [1.54, 1.807) is 0 Å². The SMILES string of the molecule is CCCCCCCCCCCCCCCCCCCCCCCCCCCC(O)C(CO)NC(=O)CCCCCCCCCCCCCCCCCCC/C=C\CCCCCCCCCCCCCCCCCCCCOC(=O)CCCCCCCCCCCCCCCCCCCC. The molecule has 99 heavy (non-hydrogen) atoms. The number of aliphatic hydroxyl groups excluding tert-OH is 2. The van der Waals surface area contributed by atoms with E-state index in [1.165, 1.54) is 475 Å². The lowest BCUT2D eigenvalue weighted by molar-refractivity contribution is -0.143. The van der Waals surface area contributed by atoms with E-state index in [9.17, 15) is 19.8 Å². The summed E-state index contributed by atoms with van der Waals surface area (Å²) in [6, 6.07) is -0.539. The van der Waals surface area contributed by atoms with Gasteiger partial charge < -0.3 is 20.3 Å². The van der Waals surface area contributed by atoms with E-state index < -0.39 is 12.1 Å². The van der Waals surface area contributed by atoms with Crippen molar-refractivity contribution in [3.05, 3.63) is 12.2 Å². The van der Waals surface area contributed by atoms with Crippen molar-refractivity contribution in [2.45, 2.75) is 559 Å². The molecule has 0 spiro atoms. The van der Waals surface area contributed by atoms with Crippen LogP contribution in [0.1, 0.15) is 547 Å². The largest absolute Gasteiger partial charge is 0.466 e. The summed E-state index contributed by atoms with van der Waals surface area (Å²) in [4.78, 5) is 24.7. The van der Waals surface area contributed by atoms with Crippen LogP contribution >= 0.6 is 0 Å². The maximum absolute atomic E-state index is 12.6. The van der Waals surface area contributed by atoms with Crippen LogP contribution in [0.5, 0.6) is 0 Å². The Kier molecular flexibility index (Phi) is 87.7. The fourth-order valence-corrected chi connectivity index (χ4v) is 15.3. The van der Waals surface area contributed by atoms with Gasteiger partial charge in [-0.2, -0.15) is 0 Å². The van der Waals surface area contributed by atoms with Crippen LogP contribution in [0.15, 0.2) is 12.2 Å². The van der Waals surface area contributed by atoms with Gasteiger partial charge >= 0.3 is 5.97 Å². The fourth-order valence-electron chi connectivity index (χ4n) is 15.3. The maximum Gasteiger partial charge on any atom is 0.305 e. The molecule has 6 nitrogen and oxygen atoms in total. The Morgan fingerprint density at radius 3 is 0.717 bits per heavy atom. The highest BCUT2D eigenvalue weighted by molar-refractivity contribution is 5.76. The monoisotopic (exact) mass is 1390 g/mol. The van der Waals surface area contributed by atoms with Gasteiger partial charge in [0.05, 0.1) is 25.4 Å². The first-order valence-electron chi connectivity index (χ1n) is 46.4. The number of amides is 1. The third-order valence-corrected chi connectivity index (χ3v) is 22.3. The lowest BCUT2D eigenvalue weighted by Gasteiger charge is -2.22. The minimum atomic E-state index is -0.663. The Labute approximate surface area is 622 Å². The number of aliphatic hydroxyl groups is 2. The van der Waals surface area contributed by atoms with Gasteiger partial charge in [-0.05, 0) is 51.4 Å². The van der Waals surface area contributed by atoms with Crippen molar-refractivity contribution >= 4 is 11.9 Å². The minimum Gasteiger partial charge on any atom is -0.466 e. The molecule has 0 bridgehead atoms. The van der Waals surface area contributed by atoms with E-state index in [0.29, 0.717) is 25.9 Å². The van der Waals surface area contributed by atoms with Crippen molar-refractivity contribution in [3.63, 3.8) is 0 Å². The molecule has 590 valence electrons. The van der Waals surface area contributed by atoms with Crippen LogP contribution in [-0.4, -0.2) is 47.4 Å². The number of hydrogen-bond acceptors (Lipinski definition) is 5. The van der Waals surface area contributed by atoms with Gasteiger partial charge in [0.15, 0.2) is 0 Å². The molecule has 2 unspecified atom stereocenters. The molecule has 0 saturated heterocycles. The van der Waals surface area contributed by atoms with Crippen LogP contribution < -0.4 is 5.32 Å². The van der Waals surface area contributed by atoms with Crippen LogP contribution in [-0.2, 0) is 14.3 Å². The van der Waals surface area contributed by atoms with Gasteiger partial charge in [0, 0.05) is 12.8 Å².